The minimum Gasteiger partial charge on any atom is -0.298 e. The molecule has 128 valence electrons. The van der Waals surface area contributed by atoms with Crippen LogP contribution in [0.1, 0.15) is 15.2 Å². The number of amides is 1. The number of benzene rings is 1. The molecule has 0 radical (unpaired) electrons. The molecular formula is C15H9F3N4OS2. The first-order valence-corrected chi connectivity index (χ1v) is 8.71. The summed E-state index contributed by atoms with van der Waals surface area (Å²) in [6.45, 7) is 0. The highest BCUT2D eigenvalue weighted by molar-refractivity contribution is 7.21. The van der Waals surface area contributed by atoms with Crippen LogP contribution in [0.4, 0.5) is 18.9 Å². The van der Waals surface area contributed by atoms with E-state index < -0.39 is 17.6 Å². The topological polar surface area (TPSA) is 58.4 Å². The van der Waals surface area contributed by atoms with Gasteiger partial charge in [0.15, 0.2) is 4.96 Å². The number of aromatic nitrogens is 2. The number of halogens is 3. The number of rotatable bonds is 3. The van der Waals surface area contributed by atoms with Crippen molar-refractivity contribution in [1.29, 1.82) is 0 Å². The monoisotopic (exact) mass is 382 g/mol. The van der Waals surface area contributed by atoms with Gasteiger partial charge in [0.05, 0.1) is 21.6 Å². The molecular weight excluding hydrogens is 373 g/mol. The standard InChI is InChI=1S/C15H9F3N4OS2/c16-15(17,18)8-3-1-2-4-9(8)20-21-12(23)11-7-10-13(25-11)19-14-22(10)5-6-24-14/h1-7,20H,(H,21,23). The molecule has 10 heteroatoms. The number of alkyl halides is 3. The Morgan fingerprint density at radius 1 is 1.24 bits per heavy atom. The third kappa shape index (κ3) is 2.83. The van der Waals surface area contributed by atoms with Gasteiger partial charge in [0.25, 0.3) is 5.91 Å². The Balaban J connectivity index is 1.56. The highest BCUT2D eigenvalue weighted by Crippen LogP contribution is 2.34. The van der Waals surface area contributed by atoms with Gasteiger partial charge in [0, 0.05) is 11.6 Å². The normalized spacial score (nSPS) is 12.0. The number of carbonyl (C=O) groups is 1. The molecule has 0 atom stereocenters. The number of hydrogen-bond donors (Lipinski definition) is 2. The Hall–Kier alpha value is -2.59. The minimum atomic E-state index is -4.51. The van der Waals surface area contributed by atoms with Crippen LogP contribution in [-0.4, -0.2) is 15.3 Å². The lowest BCUT2D eigenvalue weighted by Crippen LogP contribution is -2.29. The van der Waals surface area contributed by atoms with Crippen LogP contribution < -0.4 is 10.9 Å². The molecule has 0 unspecified atom stereocenters. The molecule has 0 aliphatic heterocycles. The summed E-state index contributed by atoms with van der Waals surface area (Å²) in [6, 6.07) is 6.61. The molecule has 3 aromatic heterocycles. The number of carbonyl (C=O) groups excluding carboxylic acids is 1. The van der Waals surface area contributed by atoms with Gasteiger partial charge in [-0.3, -0.25) is 20.0 Å². The Labute approximate surface area is 146 Å². The molecule has 0 saturated carbocycles. The van der Waals surface area contributed by atoms with Crippen LogP contribution in [0.15, 0.2) is 41.9 Å². The number of nitrogens with zero attached hydrogens (tertiary/aromatic N) is 2. The Kier molecular flexibility index (Phi) is 3.65. The number of hydrazine groups is 1. The third-order valence-electron chi connectivity index (χ3n) is 3.51. The molecule has 25 heavy (non-hydrogen) atoms. The van der Waals surface area contributed by atoms with Gasteiger partial charge in [-0.05, 0) is 18.2 Å². The summed E-state index contributed by atoms with van der Waals surface area (Å²) >= 11 is 2.66. The summed E-state index contributed by atoms with van der Waals surface area (Å²) in [4.78, 5) is 18.5. The van der Waals surface area contributed by atoms with Gasteiger partial charge < -0.3 is 0 Å². The van der Waals surface area contributed by atoms with Crippen LogP contribution in [0.2, 0.25) is 0 Å². The van der Waals surface area contributed by atoms with E-state index in [4.69, 9.17) is 0 Å². The molecule has 4 aromatic rings. The smallest absolute Gasteiger partial charge is 0.298 e. The van der Waals surface area contributed by atoms with Gasteiger partial charge in [-0.15, -0.1) is 22.7 Å². The molecule has 4 rings (SSSR count). The van der Waals surface area contributed by atoms with Crippen molar-refractivity contribution in [2.75, 3.05) is 5.43 Å². The van der Waals surface area contributed by atoms with Crippen molar-refractivity contribution in [3.05, 3.63) is 52.3 Å². The maximum atomic E-state index is 13.0. The molecule has 1 aromatic carbocycles. The molecule has 2 N–H and O–H groups in total. The lowest BCUT2D eigenvalue weighted by molar-refractivity contribution is -0.137. The first-order valence-electron chi connectivity index (χ1n) is 7.01. The van der Waals surface area contributed by atoms with E-state index in [2.05, 4.69) is 15.8 Å². The second-order valence-electron chi connectivity index (χ2n) is 5.09. The zero-order valence-electron chi connectivity index (χ0n) is 12.3. The third-order valence-corrected chi connectivity index (χ3v) is 5.28. The molecule has 0 aliphatic carbocycles. The quantitative estimate of drug-likeness (QED) is 0.517. The minimum absolute atomic E-state index is 0.216. The van der Waals surface area contributed by atoms with Gasteiger partial charge in [-0.1, -0.05) is 12.1 Å². The molecule has 0 fully saturated rings. The first kappa shape index (κ1) is 15.9. The van der Waals surface area contributed by atoms with E-state index in [0.29, 0.717) is 9.71 Å². The van der Waals surface area contributed by atoms with E-state index in [0.717, 1.165) is 16.5 Å². The van der Waals surface area contributed by atoms with Gasteiger partial charge in [-0.25, -0.2) is 4.98 Å². The van der Waals surface area contributed by atoms with Crippen molar-refractivity contribution >= 4 is 49.6 Å². The van der Waals surface area contributed by atoms with E-state index in [1.807, 2.05) is 16.0 Å². The van der Waals surface area contributed by atoms with E-state index in [1.165, 1.54) is 40.9 Å². The van der Waals surface area contributed by atoms with Gasteiger partial charge in [-0.2, -0.15) is 13.2 Å². The lowest BCUT2D eigenvalue weighted by Gasteiger charge is -2.14. The number of para-hydroxylation sites is 1. The van der Waals surface area contributed by atoms with Gasteiger partial charge in [0.1, 0.15) is 4.83 Å². The number of imidazole rings is 1. The number of thiophene rings is 1. The molecule has 0 bridgehead atoms. The Morgan fingerprint density at radius 3 is 2.84 bits per heavy atom. The second kappa shape index (κ2) is 5.74. The zero-order chi connectivity index (χ0) is 17.6. The van der Waals surface area contributed by atoms with Gasteiger partial charge in [0.2, 0.25) is 0 Å². The fraction of sp³-hybridized carbons (Fsp3) is 0.0667. The first-order chi connectivity index (χ1) is 11.9. The van der Waals surface area contributed by atoms with E-state index in [1.54, 1.807) is 6.07 Å². The van der Waals surface area contributed by atoms with Crippen molar-refractivity contribution < 1.29 is 18.0 Å². The number of nitrogens with one attached hydrogen (secondary N) is 2. The number of anilines is 1. The maximum absolute atomic E-state index is 13.0. The van der Waals surface area contributed by atoms with E-state index >= 15 is 0 Å². The average Bonchev–Trinajstić information content (AvgIpc) is 3.23. The van der Waals surface area contributed by atoms with Gasteiger partial charge >= 0.3 is 6.18 Å². The summed E-state index contributed by atoms with van der Waals surface area (Å²) in [5.74, 6) is -0.524. The fourth-order valence-corrected chi connectivity index (χ4v) is 4.08. The predicted octanol–water partition coefficient (Wildman–Crippen LogP) is 4.39. The fourth-order valence-electron chi connectivity index (χ4n) is 2.38. The molecule has 0 aliphatic rings. The number of fused-ring (bicyclic) bond motifs is 3. The molecule has 5 nitrogen and oxygen atoms in total. The average molecular weight is 382 g/mol. The summed E-state index contributed by atoms with van der Waals surface area (Å²) in [6.07, 6.45) is -2.66. The van der Waals surface area contributed by atoms with Crippen molar-refractivity contribution in [3.8, 4) is 0 Å². The highest BCUT2D eigenvalue weighted by Gasteiger charge is 2.33. The van der Waals surface area contributed by atoms with Crippen molar-refractivity contribution in [3.63, 3.8) is 0 Å². The van der Waals surface area contributed by atoms with Crippen LogP contribution in [0.5, 0.6) is 0 Å². The lowest BCUT2D eigenvalue weighted by atomic mass is 10.2. The highest BCUT2D eigenvalue weighted by atomic mass is 32.1. The van der Waals surface area contributed by atoms with Crippen LogP contribution in [0.3, 0.4) is 0 Å². The van der Waals surface area contributed by atoms with Crippen LogP contribution in [-0.2, 0) is 6.18 Å². The Morgan fingerprint density at radius 2 is 2.04 bits per heavy atom. The Bertz CT molecular complexity index is 1080. The summed E-state index contributed by atoms with van der Waals surface area (Å²) in [5, 5.41) is 1.88. The predicted molar refractivity (Wildman–Crippen MR) is 91.0 cm³/mol. The van der Waals surface area contributed by atoms with Crippen LogP contribution in [0, 0.1) is 0 Å². The summed E-state index contributed by atoms with van der Waals surface area (Å²) in [5.41, 5.74) is 4.38. The molecule has 0 saturated heterocycles. The number of hydrogen-bond acceptors (Lipinski definition) is 5. The van der Waals surface area contributed by atoms with E-state index in [-0.39, 0.29) is 5.69 Å². The maximum Gasteiger partial charge on any atom is 0.418 e. The largest absolute Gasteiger partial charge is 0.418 e. The SMILES string of the molecule is O=C(NNc1ccccc1C(F)(F)F)c1cc2c(nc3sccn32)s1. The van der Waals surface area contributed by atoms with Crippen LogP contribution >= 0.6 is 22.7 Å². The molecule has 3 heterocycles. The second-order valence-corrected chi connectivity index (χ2v) is 6.99. The van der Waals surface area contributed by atoms with E-state index in [9.17, 15) is 18.0 Å². The number of thiazole rings is 1. The molecule has 1 amide bonds. The van der Waals surface area contributed by atoms with Crippen molar-refractivity contribution in [1.82, 2.24) is 14.8 Å². The van der Waals surface area contributed by atoms with Crippen molar-refractivity contribution in [2.45, 2.75) is 6.18 Å². The summed E-state index contributed by atoms with van der Waals surface area (Å²) in [7, 11) is 0. The van der Waals surface area contributed by atoms with Crippen LogP contribution in [0.25, 0.3) is 15.3 Å². The zero-order valence-corrected chi connectivity index (χ0v) is 13.9. The molecule has 0 spiro atoms. The summed E-state index contributed by atoms with van der Waals surface area (Å²) < 4.78 is 40.7. The van der Waals surface area contributed by atoms with Crippen molar-refractivity contribution in [2.24, 2.45) is 0 Å².